The Balaban J connectivity index is 2.34. The first-order valence-electron chi connectivity index (χ1n) is 5.11. The number of nitrogens with zero attached hydrogens (tertiary/aromatic N) is 1. The number of hydrogen-bond acceptors (Lipinski definition) is 5. The minimum absolute atomic E-state index is 0.0437. The van der Waals surface area contributed by atoms with Crippen LogP contribution in [0.5, 0.6) is 16.7 Å². The summed E-state index contributed by atoms with van der Waals surface area (Å²) in [5, 5.41) is 11.4. The third-order valence-electron chi connectivity index (χ3n) is 2.21. The second-order valence-corrected chi connectivity index (χ2v) is 4.34. The van der Waals surface area contributed by atoms with Gasteiger partial charge in [0.1, 0.15) is 17.1 Å². The molecule has 2 aromatic rings. The fourth-order valence-electron chi connectivity index (χ4n) is 1.37. The molecule has 0 amide bonds. The molecular formula is C12H11NO4S. The molecule has 0 fully saturated rings. The van der Waals surface area contributed by atoms with Crippen LogP contribution in [0.25, 0.3) is 0 Å². The third-order valence-corrected chi connectivity index (χ3v) is 3.05. The summed E-state index contributed by atoms with van der Waals surface area (Å²) in [5.74, 6) is -0.357. The van der Waals surface area contributed by atoms with Crippen molar-refractivity contribution in [1.29, 1.82) is 0 Å². The summed E-state index contributed by atoms with van der Waals surface area (Å²) in [6.45, 7) is 1.84. The topological polar surface area (TPSA) is 68.7 Å². The van der Waals surface area contributed by atoms with Crippen LogP contribution in [-0.4, -0.2) is 23.2 Å². The van der Waals surface area contributed by atoms with E-state index in [1.807, 2.05) is 12.3 Å². The van der Waals surface area contributed by atoms with Crippen molar-refractivity contribution in [2.45, 2.75) is 6.92 Å². The van der Waals surface area contributed by atoms with E-state index in [0.717, 1.165) is 5.69 Å². The normalized spacial score (nSPS) is 10.1. The smallest absolute Gasteiger partial charge is 0.339 e. The van der Waals surface area contributed by atoms with Gasteiger partial charge >= 0.3 is 5.97 Å². The molecule has 5 nitrogen and oxygen atoms in total. The first-order valence-corrected chi connectivity index (χ1v) is 5.99. The molecule has 0 unspecified atom stereocenters. The zero-order chi connectivity index (χ0) is 13.1. The summed E-state index contributed by atoms with van der Waals surface area (Å²) >= 11 is 1.32. The standard InChI is InChI=1S/C12H11NO4S/c1-7-6-18-12(13-7)17-10-4-3-8(16-2)5-9(10)11(14)15/h3-6H,1-2H3,(H,14,15). The Morgan fingerprint density at radius 1 is 1.44 bits per heavy atom. The van der Waals surface area contributed by atoms with E-state index in [1.54, 1.807) is 12.1 Å². The van der Waals surface area contributed by atoms with Crippen LogP contribution in [0, 0.1) is 6.92 Å². The fraction of sp³-hybridized carbons (Fsp3) is 0.167. The number of aromatic carboxylic acids is 1. The average Bonchev–Trinajstić information content (AvgIpc) is 2.75. The Morgan fingerprint density at radius 3 is 2.78 bits per heavy atom. The largest absolute Gasteiger partial charge is 0.497 e. The summed E-state index contributed by atoms with van der Waals surface area (Å²) in [7, 11) is 1.48. The van der Waals surface area contributed by atoms with E-state index in [1.165, 1.54) is 24.5 Å². The van der Waals surface area contributed by atoms with Crippen molar-refractivity contribution < 1.29 is 19.4 Å². The summed E-state index contributed by atoms with van der Waals surface area (Å²) in [6, 6.07) is 4.61. The predicted molar refractivity (Wildman–Crippen MR) is 66.9 cm³/mol. The summed E-state index contributed by atoms with van der Waals surface area (Å²) in [4.78, 5) is 15.3. The van der Waals surface area contributed by atoms with Gasteiger partial charge in [-0.05, 0) is 25.1 Å². The van der Waals surface area contributed by atoms with Crippen LogP contribution in [0.2, 0.25) is 0 Å². The maximum atomic E-state index is 11.1. The van der Waals surface area contributed by atoms with Gasteiger partial charge in [-0.25, -0.2) is 9.78 Å². The fourth-order valence-corrected chi connectivity index (χ4v) is 2.02. The molecule has 1 aromatic carbocycles. The van der Waals surface area contributed by atoms with Crippen LogP contribution in [0.4, 0.5) is 0 Å². The van der Waals surface area contributed by atoms with E-state index in [2.05, 4.69) is 4.98 Å². The van der Waals surface area contributed by atoms with Gasteiger partial charge in [0.05, 0.1) is 12.8 Å². The maximum absolute atomic E-state index is 11.1. The number of rotatable bonds is 4. The molecule has 18 heavy (non-hydrogen) atoms. The van der Waals surface area contributed by atoms with Crippen LogP contribution in [0.3, 0.4) is 0 Å². The zero-order valence-electron chi connectivity index (χ0n) is 9.84. The van der Waals surface area contributed by atoms with E-state index in [-0.39, 0.29) is 11.3 Å². The first kappa shape index (κ1) is 12.4. The van der Waals surface area contributed by atoms with Gasteiger partial charge in [-0.1, -0.05) is 11.3 Å². The highest BCUT2D eigenvalue weighted by atomic mass is 32.1. The molecular weight excluding hydrogens is 254 g/mol. The minimum atomic E-state index is -1.07. The lowest BCUT2D eigenvalue weighted by atomic mass is 10.2. The molecule has 94 valence electrons. The second-order valence-electron chi connectivity index (χ2n) is 3.52. The Kier molecular flexibility index (Phi) is 3.47. The lowest BCUT2D eigenvalue weighted by molar-refractivity contribution is 0.0693. The third kappa shape index (κ3) is 2.60. The molecule has 1 heterocycles. The van der Waals surface area contributed by atoms with Crippen LogP contribution >= 0.6 is 11.3 Å². The molecule has 2 rings (SSSR count). The molecule has 0 bridgehead atoms. The quantitative estimate of drug-likeness (QED) is 0.920. The first-order chi connectivity index (χ1) is 8.60. The van der Waals surface area contributed by atoms with Gasteiger partial charge in [-0.2, -0.15) is 0 Å². The zero-order valence-corrected chi connectivity index (χ0v) is 10.7. The van der Waals surface area contributed by atoms with Crippen molar-refractivity contribution in [2.24, 2.45) is 0 Å². The number of methoxy groups -OCH3 is 1. The van der Waals surface area contributed by atoms with Crippen LogP contribution < -0.4 is 9.47 Å². The van der Waals surface area contributed by atoms with Crippen molar-refractivity contribution in [1.82, 2.24) is 4.98 Å². The van der Waals surface area contributed by atoms with Crippen molar-refractivity contribution in [3.05, 3.63) is 34.8 Å². The van der Waals surface area contributed by atoms with Crippen molar-refractivity contribution in [3.63, 3.8) is 0 Å². The van der Waals surface area contributed by atoms with E-state index < -0.39 is 5.97 Å². The van der Waals surface area contributed by atoms with Crippen molar-refractivity contribution >= 4 is 17.3 Å². The molecule has 0 aliphatic heterocycles. The Morgan fingerprint density at radius 2 is 2.22 bits per heavy atom. The van der Waals surface area contributed by atoms with Gasteiger partial charge in [0.15, 0.2) is 0 Å². The summed E-state index contributed by atoms with van der Waals surface area (Å²) < 4.78 is 10.4. The number of carboxylic acids is 1. The molecule has 0 aliphatic rings. The molecule has 6 heteroatoms. The highest BCUT2D eigenvalue weighted by Crippen LogP contribution is 2.30. The van der Waals surface area contributed by atoms with E-state index >= 15 is 0 Å². The lowest BCUT2D eigenvalue weighted by Crippen LogP contribution is -2.00. The van der Waals surface area contributed by atoms with Crippen molar-refractivity contribution in [2.75, 3.05) is 7.11 Å². The van der Waals surface area contributed by atoms with Gasteiger partial charge in [0.25, 0.3) is 5.19 Å². The molecule has 0 atom stereocenters. The molecule has 1 N–H and O–H groups in total. The summed E-state index contributed by atoms with van der Waals surface area (Å²) in [5.41, 5.74) is 0.877. The van der Waals surface area contributed by atoms with Crippen molar-refractivity contribution in [3.8, 4) is 16.7 Å². The maximum Gasteiger partial charge on any atom is 0.339 e. The number of thiazole rings is 1. The van der Waals surface area contributed by atoms with Gasteiger partial charge in [0.2, 0.25) is 0 Å². The second kappa shape index (κ2) is 5.05. The summed E-state index contributed by atoms with van der Waals surface area (Å²) in [6.07, 6.45) is 0. The van der Waals surface area contributed by atoms with Gasteiger partial charge in [0, 0.05) is 5.38 Å². The molecule has 1 aromatic heterocycles. The highest BCUT2D eigenvalue weighted by molar-refractivity contribution is 7.11. The predicted octanol–water partition coefficient (Wildman–Crippen LogP) is 2.95. The van der Waals surface area contributed by atoms with Crippen LogP contribution in [-0.2, 0) is 0 Å². The van der Waals surface area contributed by atoms with E-state index in [0.29, 0.717) is 10.9 Å². The number of aromatic nitrogens is 1. The molecule has 0 radical (unpaired) electrons. The molecule has 0 saturated heterocycles. The number of hydrogen-bond donors (Lipinski definition) is 1. The monoisotopic (exact) mass is 265 g/mol. The lowest BCUT2D eigenvalue weighted by Gasteiger charge is -2.07. The Hall–Kier alpha value is -2.08. The highest BCUT2D eigenvalue weighted by Gasteiger charge is 2.14. The van der Waals surface area contributed by atoms with Crippen LogP contribution in [0.1, 0.15) is 16.1 Å². The van der Waals surface area contributed by atoms with E-state index in [4.69, 9.17) is 14.6 Å². The Bertz CT molecular complexity index is 579. The van der Waals surface area contributed by atoms with Crippen LogP contribution in [0.15, 0.2) is 23.6 Å². The number of carbonyl (C=O) groups is 1. The molecule has 0 aliphatic carbocycles. The number of ether oxygens (including phenoxy) is 2. The minimum Gasteiger partial charge on any atom is -0.497 e. The SMILES string of the molecule is COc1ccc(Oc2nc(C)cs2)c(C(=O)O)c1. The Labute approximate surface area is 108 Å². The molecule has 0 spiro atoms. The van der Waals surface area contributed by atoms with E-state index in [9.17, 15) is 4.79 Å². The van der Waals surface area contributed by atoms with Gasteiger partial charge < -0.3 is 14.6 Å². The molecule has 0 saturated carbocycles. The average molecular weight is 265 g/mol. The number of carboxylic acid groups (broad SMARTS) is 1. The van der Waals surface area contributed by atoms with Gasteiger partial charge in [-0.3, -0.25) is 0 Å². The number of aryl methyl sites for hydroxylation is 1. The van der Waals surface area contributed by atoms with Gasteiger partial charge in [-0.15, -0.1) is 0 Å². The number of benzene rings is 1.